The molecule has 0 radical (unpaired) electrons. The van der Waals surface area contributed by atoms with Gasteiger partial charge in [-0.15, -0.1) is 0 Å². The SMILES string of the molecule is C=Cn1cc(CNC(c2ccc(F)c(Cl)c2)c2cnn(C)c2)cn1. The van der Waals surface area contributed by atoms with Crippen molar-refractivity contribution in [3.8, 4) is 0 Å². The Morgan fingerprint density at radius 3 is 2.75 bits per heavy atom. The molecule has 2 aromatic heterocycles. The van der Waals surface area contributed by atoms with Crippen LogP contribution in [0.2, 0.25) is 5.02 Å². The summed E-state index contributed by atoms with van der Waals surface area (Å²) in [7, 11) is 1.85. The van der Waals surface area contributed by atoms with Crippen LogP contribution in [0.3, 0.4) is 0 Å². The predicted octanol–water partition coefficient (Wildman–Crippen LogP) is 3.39. The maximum Gasteiger partial charge on any atom is 0.141 e. The van der Waals surface area contributed by atoms with Crippen molar-refractivity contribution >= 4 is 17.8 Å². The summed E-state index contributed by atoms with van der Waals surface area (Å²) < 4.78 is 16.8. The largest absolute Gasteiger partial charge is 0.302 e. The summed E-state index contributed by atoms with van der Waals surface area (Å²) >= 11 is 5.94. The summed E-state index contributed by atoms with van der Waals surface area (Å²) in [5.41, 5.74) is 2.85. The molecular formula is C17H17ClFN5. The molecule has 3 rings (SSSR count). The zero-order valence-corrected chi connectivity index (χ0v) is 13.9. The molecule has 2 heterocycles. The zero-order valence-electron chi connectivity index (χ0n) is 13.2. The van der Waals surface area contributed by atoms with E-state index in [9.17, 15) is 4.39 Å². The fourth-order valence-corrected chi connectivity index (χ4v) is 2.69. The topological polar surface area (TPSA) is 47.7 Å². The summed E-state index contributed by atoms with van der Waals surface area (Å²) in [4.78, 5) is 0. The monoisotopic (exact) mass is 345 g/mol. The number of rotatable bonds is 6. The number of aromatic nitrogens is 4. The lowest BCUT2D eigenvalue weighted by atomic mass is 10.0. The van der Waals surface area contributed by atoms with Crippen LogP contribution in [0.5, 0.6) is 0 Å². The number of hydrogen-bond donors (Lipinski definition) is 1. The number of benzene rings is 1. The first-order valence-corrected chi connectivity index (χ1v) is 7.77. The number of hydrogen-bond acceptors (Lipinski definition) is 3. The smallest absolute Gasteiger partial charge is 0.141 e. The Bertz CT molecular complexity index is 854. The van der Waals surface area contributed by atoms with E-state index in [0.29, 0.717) is 6.54 Å². The summed E-state index contributed by atoms with van der Waals surface area (Å²) in [6.07, 6.45) is 8.98. The first-order valence-electron chi connectivity index (χ1n) is 7.39. The van der Waals surface area contributed by atoms with Gasteiger partial charge >= 0.3 is 0 Å². The van der Waals surface area contributed by atoms with E-state index in [2.05, 4.69) is 22.1 Å². The van der Waals surface area contributed by atoms with Gasteiger partial charge in [0.25, 0.3) is 0 Å². The standard InChI is InChI=1S/C17H17ClFN5/c1-3-24-10-12(8-22-24)7-20-17(14-9-21-23(2)11-14)13-4-5-16(19)15(18)6-13/h3-6,8-11,17,20H,1,7H2,2H3. The lowest BCUT2D eigenvalue weighted by molar-refractivity contribution is 0.597. The Hall–Kier alpha value is -2.44. The number of halogens is 2. The van der Waals surface area contributed by atoms with Crippen LogP contribution in [-0.4, -0.2) is 19.6 Å². The highest BCUT2D eigenvalue weighted by Gasteiger charge is 2.17. The molecule has 0 saturated heterocycles. The van der Waals surface area contributed by atoms with Gasteiger partial charge in [0.2, 0.25) is 0 Å². The molecule has 0 amide bonds. The highest BCUT2D eigenvalue weighted by molar-refractivity contribution is 6.30. The van der Waals surface area contributed by atoms with Gasteiger partial charge in [-0.05, 0) is 17.7 Å². The molecule has 5 nitrogen and oxygen atoms in total. The highest BCUT2D eigenvalue weighted by Crippen LogP contribution is 2.26. The van der Waals surface area contributed by atoms with Crippen molar-refractivity contribution in [3.63, 3.8) is 0 Å². The Balaban J connectivity index is 1.86. The second kappa shape index (κ2) is 6.98. The van der Waals surface area contributed by atoms with Crippen molar-refractivity contribution in [1.82, 2.24) is 24.9 Å². The van der Waals surface area contributed by atoms with E-state index in [-0.39, 0.29) is 11.1 Å². The van der Waals surface area contributed by atoms with Crippen molar-refractivity contribution in [2.45, 2.75) is 12.6 Å². The van der Waals surface area contributed by atoms with Crippen LogP contribution in [0, 0.1) is 5.82 Å². The molecule has 0 saturated carbocycles. The molecule has 0 aliphatic heterocycles. The molecule has 1 atom stereocenters. The first-order chi connectivity index (χ1) is 11.6. The van der Waals surface area contributed by atoms with Gasteiger partial charge in [-0.3, -0.25) is 4.68 Å². The third kappa shape index (κ3) is 3.55. The average Bonchev–Trinajstić information content (AvgIpc) is 3.20. The normalized spacial score (nSPS) is 12.3. The van der Waals surface area contributed by atoms with Crippen molar-refractivity contribution in [2.24, 2.45) is 7.05 Å². The molecule has 0 fully saturated rings. The molecule has 1 unspecified atom stereocenters. The molecule has 1 aromatic carbocycles. The average molecular weight is 346 g/mol. The molecule has 0 aliphatic rings. The predicted molar refractivity (Wildman–Crippen MR) is 91.9 cm³/mol. The second-order valence-electron chi connectivity index (χ2n) is 5.45. The van der Waals surface area contributed by atoms with Crippen molar-refractivity contribution in [3.05, 3.63) is 77.1 Å². The van der Waals surface area contributed by atoms with E-state index < -0.39 is 5.82 Å². The van der Waals surface area contributed by atoms with Crippen LogP contribution >= 0.6 is 11.6 Å². The van der Waals surface area contributed by atoms with Crippen LogP contribution in [0.15, 0.2) is 49.6 Å². The van der Waals surface area contributed by atoms with Gasteiger partial charge in [0, 0.05) is 43.3 Å². The fraction of sp³-hybridized carbons (Fsp3) is 0.176. The third-order valence-electron chi connectivity index (χ3n) is 3.69. The van der Waals surface area contributed by atoms with Crippen molar-refractivity contribution < 1.29 is 4.39 Å². The lowest BCUT2D eigenvalue weighted by Crippen LogP contribution is -2.21. The molecular weight excluding hydrogens is 329 g/mol. The number of nitrogens with one attached hydrogen (secondary N) is 1. The van der Waals surface area contributed by atoms with Gasteiger partial charge in [0.1, 0.15) is 5.82 Å². The van der Waals surface area contributed by atoms with E-state index in [4.69, 9.17) is 11.6 Å². The van der Waals surface area contributed by atoms with Crippen LogP contribution in [0.4, 0.5) is 4.39 Å². The maximum absolute atomic E-state index is 13.5. The third-order valence-corrected chi connectivity index (χ3v) is 3.98. The zero-order chi connectivity index (χ0) is 17.1. The van der Waals surface area contributed by atoms with Crippen molar-refractivity contribution in [1.29, 1.82) is 0 Å². The fourth-order valence-electron chi connectivity index (χ4n) is 2.50. The molecule has 0 spiro atoms. The minimum Gasteiger partial charge on any atom is -0.302 e. The number of nitrogens with zero attached hydrogens (tertiary/aromatic N) is 4. The van der Waals surface area contributed by atoms with Gasteiger partial charge in [-0.2, -0.15) is 10.2 Å². The molecule has 124 valence electrons. The van der Waals surface area contributed by atoms with Crippen LogP contribution in [0.25, 0.3) is 6.20 Å². The van der Waals surface area contributed by atoms with Gasteiger partial charge < -0.3 is 5.32 Å². The quantitative estimate of drug-likeness (QED) is 0.745. The Labute approximate surface area is 144 Å². The Morgan fingerprint density at radius 1 is 1.29 bits per heavy atom. The molecule has 24 heavy (non-hydrogen) atoms. The van der Waals surface area contributed by atoms with E-state index in [0.717, 1.165) is 16.7 Å². The van der Waals surface area contributed by atoms with E-state index >= 15 is 0 Å². The first kappa shape index (κ1) is 16.4. The van der Waals surface area contributed by atoms with Gasteiger partial charge in [0.05, 0.1) is 23.5 Å². The summed E-state index contributed by atoms with van der Waals surface area (Å²) in [5.74, 6) is -0.433. The van der Waals surface area contributed by atoms with Crippen LogP contribution in [0.1, 0.15) is 22.7 Å². The second-order valence-corrected chi connectivity index (χ2v) is 5.85. The molecule has 1 N–H and O–H groups in total. The lowest BCUT2D eigenvalue weighted by Gasteiger charge is -2.18. The van der Waals surface area contributed by atoms with Crippen molar-refractivity contribution in [2.75, 3.05) is 0 Å². The molecule has 0 bridgehead atoms. The van der Waals surface area contributed by atoms with Gasteiger partial charge in [-0.25, -0.2) is 9.07 Å². The van der Waals surface area contributed by atoms with Crippen LogP contribution in [-0.2, 0) is 13.6 Å². The highest BCUT2D eigenvalue weighted by atomic mass is 35.5. The summed E-state index contributed by atoms with van der Waals surface area (Å²) in [6.45, 7) is 4.26. The van der Waals surface area contributed by atoms with Gasteiger partial charge in [0.15, 0.2) is 0 Å². The number of aryl methyl sites for hydroxylation is 1. The van der Waals surface area contributed by atoms with E-state index in [1.807, 2.05) is 19.4 Å². The van der Waals surface area contributed by atoms with E-state index in [1.54, 1.807) is 40.1 Å². The summed E-state index contributed by atoms with van der Waals surface area (Å²) in [5, 5.41) is 11.9. The minimum absolute atomic E-state index is 0.0997. The maximum atomic E-state index is 13.5. The molecule has 7 heteroatoms. The van der Waals surface area contributed by atoms with Gasteiger partial charge in [-0.1, -0.05) is 24.2 Å². The molecule has 0 aliphatic carbocycles. The minimum atomic E-state index is -0.433. The summed E-state index contributed by atoms with van der Waals surface area (Å²) in [6, 6.07) is 4.57. The van der Waals surface area contributed by atoms with Crippen LogP contribution < -0.4 is 5.32 Å². The Kier molecular flexibility index (Phi) is 4.78. The molecule has 3 aromatic rings. The Morgan fingerprint density at radius 2 is 2.12 bits per heavy atom. The van der Waals surface area contributed by atoms with E-state index in [1.165, 1.54) is 6.07 Å².